The predicted molar refractivity (Wildman–Crippen MR) is 79.5 cm³/mol. The maximum atomic E-state index is 13.7. The summed E-state index contributed by atoms with van der Waals surface area (Å²) in [5, 5.41) is 0.151. The molecule has 1 heterocycles. The van der Waals surface area contributed by atoms with Gasteiger partial charge < -0.3 is 4.74 Å². The molecule has 20 heavy (non-hydrogen) atoms. The highest BCUT2D eigenvalue weighted by atomic mass is 35.5. The van der Waals surface area contributed by atoms with E-state index >= 15 is 0 Å². The molecule has 1 aliphatic heterocycles. The topological polar surface area (TPSA) is 9.23 Å². The minimum atomic E-state index is -0.476. The molecule has 0 bridgehead atoms. The first-order chi connectivity index (χ1) is 9.56. The van der Waals surface area contributed by atoms with Crippen molar-refractivity contribution in [2.75, 3.05) is 6.61 Å². The second-order valence-corrected chi connectivity index (χ2v) is 5.83. The molecule has 1 unspecified atom stereocenters. The van der Waals surface area contributed by atoms with E-state index in [1.165, 1.54) is 6.07 Å². The van der Waals surface area contributed by atoms with Crippen LogP contribution in [0.5, 0.6) is 5.75 Å². The van der Waals surface area contributed by atoms with Crippen molar-refractivity contribution < 1.29 is 9.13 Å². The van der Waals surface area contributed by atoms with Gasteiger partial charge in [-0.3, -0.25) is 0 Å². The van der Waals surface area contributed by atoms with Crippen molar-refractivity contribution in [1.29, 1.82) is 0 Å². The Hall–Kier alpha value is -1.25. The van der Waals surface area contributed by atoms with E-state index < -0.39 is 5.38 Å². The highest BCUT2D eigenvalue weighted by Gasteiger charge is 2.23. The Morgan fingerprint density at radius 3 is 2.80 bits per heavy atom. The average molecular weight is 311 g/mol. The molecule has 0 amide bonds. The van der Waals surface area contributed by atoms with Crippen LogP contribution < -0.4 is 4.74 Å². The SMILES string of the molecule is Cc1ccc(C(Cl)c2cc(Cl)cc3c2OCC3)cc1F. The predicted octanol–water partition coefficient (Wildman–Crippen LogP) is 5.05. The van der Waals surface area contributed by atoms with Crippen molar-refractivity contribution in [2.24, 2.45) is 0 Å². The molecule has 0 radical (unpaired) electrons. The van der Waals surface area contributed by atoms with E-state index in [9.17, 15) is 4.39 Å². The lowest BCUT2D eigenvalue weighted by molar-refractivity contribution is 0.353. The minimum Gasteiger partial charge on any atom is -0.493 e. The average Bonchev–Trinajstić information content (AvgIpc) is 2.88. The molecule has 4 heteroatoms. The first-order valence-electron chi connectivity index (χ1n) is 6.41. The smallest absolute Gasteiger partial charge is 0.127 e. The van der Waals surface area contributed by atoms with Gasteiger partial charge in [-0.25, -0.2) is 4.39 Å². The number of halogens is 3. The number of alkyl halides is 1. The highest BCUT2D eigenvalue weighted by Crippen LogP contribution is 2.41. The molecule has 3 rings (SSSR count). The quantitative estimate of drug-likeness (QED) is 0.705. The molecule has 104 valence electrons. The van der Waals surface area contributed by atoms with E-state index in [4.69, 9.17) is 27.9 Å². The molecule has 0 N–H and O–H groups in total. The molecule has 2 aromatic carbocycles. The van der Waals surface area contributed by atoms with Crippen LogP contribution in [-0.4, -0.2) is 6.61 Å². The molecular weight excluding hydrogens is 298 g/mol. The molecule has 1 atom stereocenters. The zero-order chi connectivity index (χ0) is 14.3. The van der Waals surface area contributed by atoms with Crippen LogP contribution in [0.25, 0.3) is 0 Å². The van der Waals surface area contributed by atoms with Crippen molar-refractivity contribution in [3.63, 3.8) is 0 Å². The number of aryl methyl sites for hydroxylation is 1. The third-order valence-electron chi connectivity index (χ3n) is 3.54. The van der Waals surface area contributed by atoms with Crippen molar-refractivity contribution in [1.82, 2.24) is 0 Å². The van der Waals surface area contributed by atoms with Gasteiger partial charge in [0.25, 0.3) is 0 Å². The standard InChI is InChI=1S/C16H13Cl2FO/c1-9-2-3-10(7-14(9)19)15(18)13-8-12(17)6-11-4-5-20-16(11)13/h2-3,6-8,15H,4-5H2,1H3. The Balaban J connectivity index is 2.06. The summed E-state index contributed by atoms with van der Waals surface area (Å²) in [7, 11) is 0. The Kier molecular flexibility index (Phi) is 3.61. The van der Waals surface area contributed by atoms with Gasteiger partial charge in [0.1, 0.15) is 11.6 Å². The zero-order valence-electron chi connectivity index (χ0n) is 10.9. The molecule has 0 saturated heterocycles. The van der Waals surface area contributed by atoms with Crippen molar-refractivity contribution in [2.45, 2.75) is 18.7 Å². The van der Waals surface area contributed by atoms with Gasteiger partial charge in [-0.15, -0.1) is 11.6 Å². The monoisotopic (exact) mass is 310 g/mol. The first kappa shape index (κ1) is 13.7. The summed E-state index contributed by atoms with van der Waals surface area (Å²) in [6.07, 6.45) is 0.828. The molecule has 0 fully saturated rings. The van der Waals surface area contributed by atoms with Gasteiger partial charge in [-0.05, 0) is 41.8 Å². The number of benzene rings is 2. The summed E-state index contributed by atoms with van der Waals surface area (Å²) in [5.41, 5.74) is 3.17. The van der Waals surface area contributed by atoms with Crippen molar-refractivity contribution in [3.05, 3.63) is 63.4 Å². The lowest BCUT2D eigenvalue weighted by atomic mass is 9.99. The van der Waals surface area contributed by atoms with Crippen LogP contribution in [0.2, 0.25) is 5.02 Å². The van der Waals surface area contributed by atoms with Crippen LogP contribution in [-0.2, 0) is 6.42 Å². The molecule has 0 spiro atoms. The van der Waals surface area contributed by atoms with Crippen LogP contribution in [0.1, 0.15) is 27.6 Å². The van der Waals surface area contributed by atoms with Gasteiger partial charge in [0.15, 0.2) is 0 Å². The third kappa shape index (κ3) is 2.38. The fourth-order valence-corrected chi connectivity index (χ4v) is 2.98. The normalized spacial score (nSPS) is 14.8. The summed E-state index contributed by atoms with van der Waals surface area (Å²) in [6, 6.07) is 8.72. The Morgan fingerprint density at radius 1 is 1.25 bits per heavy atom. The second-order valence-electron chi connectivity index (χ2n) is 4.95. The van der Waals surface area contributed by atoms with Gasteiger partial charge in [0.05, 0.1) is 12.0 Å². The van der Waals surface area contributed by atoms with Crippen molar-refractivity contribution in [3.8, 4) is 5.75 Å². The summed E-state index contributed by atoms with van der Waals surface area (Å²) in [6.45, 7) is 2.36. The first-order valence-corrected chi connectivity index (χ1v) is 7.23. The summed E-state index contributed by atoms with van der Waals surface area (Å²) < 4.78 is 19.3. The van der Waals surface area contributed by atoms with E-state index in [0.717, 1.165) is 23.3 Å². The maximum Gasteiger partial charge on any atom is 0.127 e. The largest absolute Gasteiger partial charge is 0.493 e. The number of hydrogen-bond acceptors (Lipinski definition) is 1. The van der Waals surface area contributed by atoms with Gasteiger partial charge >= 0.3 is 0 Å². The molecule has 1 aliphatic rings. The Bertz CT molecular complexity index is 670. The van der Waals surface area contributed by atoms with Gasteiger partial charge in [0.2, 0.25) is 0 Å². The van der Waals surface area contributed by atoms with Crippen LogP contribution in [0, 0.1) is 12.7 Å². The van der Waals surface area contributed by atoms with E-state index in [2.05, 4.69) is 0 Å². The van der Waals surface area contributed by atoms with E-state index in [-0.39, 0.29) is 5.82 Å². The van der Waals surface area contributed by atoms with Crippen molar-refractivity contribution >= 4 is 23.2 Å². The molecule has 0 aliphatic carbocycles. The fourth-order valence-electron chi connectivity index (χ4n) is 2.43. The number of fused-ring (bicyclic) bond motifs is 1. The maximum absolute atomic E-state index is 13.7. The molecule has 1 nitrogen and oxygen atoms in total. The van der Waals surface area contributed by atoms with Crippen LogP contribution >= 0.6 is 23.2 Å². The summed E-state index contributed by atoms with van der Waals surface area (Å²) in [4.78, 5) is 0. The summed E-state index contributed by atoms with van der Waals surface area (Å²) >= 11 is 12.6. The minimum absolute atomic E-state index is 0.257. The fraction of sp³-hybridized carbons (Fsp3) is 0.250. The molecular formula is C16H13Cl2FO. The van der Waals surface area contributed by atoms with E-state index in [1.807, 2.05) is 12.1 Å². The number of ether oxygens (including phenoxy) is 1. The van der Waals surface area contributed by atoms with Crippen LogP contribution in [0.15, 0.2) is 30.3 Å². The van der Waals surface area contributed by atoms with Gasteiger partial charge in [-0.1, -0.05) is 23.7 Å². The molecule has 2 aromatic rings. The lowest BCUT2D eigenvalue weighted by Gasteiger charge is -2.15. The Labute approximate surface area is 127 Å². The Morgan fingerprint density at radius 2 is 2.05 bits per heavy atom. The number of hydrogen-bond donors (Lipinski definition) is 0. The van der Waals surface area contributed by atoms with Crippen LogP contribution in [0.3, 0.4) is 0 Å². The van der Waals surface area contributed by atoms with E-state index in [0.29, 0.717) is 22.8 Å². The van der Waals surface area contributed by atoms with Gasteiger partial charge in [-0.2, -0.15) is 0 Å². The van der Waals surface area contributed by atoms with Crippen LogP contribution in [0.4, 0.5) is 4.39 Å². The second kappa shape index (κ2) is 5.27. The zero-order valence-corrected chi connectivity index (χ0v) is 12.4. The van der Waals surface area contributed by atoms with Gasteiger partial charge in [0, 0.05) is 17.0 Å². The van der Waals surface area contributed by atoms with E-state index in [1.54, 1.807) is 19.1 Å². The molecule has 0 aromatic heterocycles. The third-order valence-corrected chi connectivity index (χ3v) is 4.24. The highest BCUT2D eigenvalue weighted by molar-refractivity contribution is 6.31. The molecule has 0 saturated carbocycles. The lowest BCUT2D eigenvalue weighted by Crippen LogP contribution is -1.99. The summed E-state index contributed by atoms with van der Waals surface area (Å²) in [5.74, 6) is 0.531. The number of rotatable bonds is 2.